The smallest absolute Gasteiger partial charge is 0.387 e. The quantitative estimate of drug-likeness (QED) is 0.751. The Kier molecular flexibility index (Phi) is 6.48. The third-order valence-electron chi connectivity index (χ3n) is 2.50. The third-order valence-corrected chi connectivity index (χ3v) is 2.50. The van der Waals surface area contributed by atoms with E-state index in [9.17, 15) is 22.8 Å². The number of hydrogen-bond donors (Lipinski definition) is 3. The Morgan fingerprint density at radius 3 is 2.55 bits per heavy atom. The summed E-state index contributed by atoms with van der Waals surface area (Å²) in [5.74, 6) is -2.05. The molecule has 0 spiro atoms. The summed E-state index contributed by atoms with van der Waals surface area (Å²) in [4.78, 5) is 23.1. The fourth-order valence-corrected chi connectivity index (χ4v) is 1.53. The van der Waals surface area contributed by atoms with E-state index in [0.29, 0.717) is 6.54 Å². The molecule has 3 amide bonds. The molecule has 9 heteroatoms. The first kappa shape index (κ1) is 17.6. The Balaban J connectivity index is 2.61. The summed E-state index contributed by atoms with van der Waals surface area (Å²) < 4.78 is 41.4. The van der Waals surface area contributed by atoms with Crippen LogP contribution >= 0.6 is 0 Å². The maximum atomic E-state index is 13.5. The lowest BCUT2D eigenvalue weighted by Crippen LogP contribution is -2.46. The fraction of sp³-hybridized carbons (Fsp3) is 0.385. The molecule has 0 bridgehead atoms. The van der Waals surface area contributed by atoms with E-state index in [1.54, 1.807) is 6.92 Å². The summed E-state index contributed by atoms with van der Waals surface area (Å²) in [6.45, 7) is 0.486. The van der Waals surface area contributed by atoms with E-state index < -0.39 is 30.3 Å². The van der Waals surface area contributed by atoms with Gasteiger partial charge in [-0.15, -0.1) is 0 Å². The molecular formula is C13H16F3N3O3. The van der Waals surface area contributed by atoms with Crippen LogP contribution in [0, 0.1) is 5.82 Å². The molecule has 1 atom stereocenters. The molecule has 1 aromatic carbocycles. The zero-order chi connectivity index (χ0) is 16.7. The van der Waals surface area contributed by atoms with Crippen LogP contribution in [0.3, 0.4) is 0 Å². The maximum absolute atomic E-state index is 13.5. The molecule has 1 aromatic rings. The Labute approximate surface area is 125 Å². The summed E-state index contributed by atoms with van der Waals surface area (Å²) in [6.07, 6.45) is 0. The number of benzene rings is 1. The van der Waals surface area contributed by atoms with Gasteiger partial charge in [-0.05, 0) is 26.0 Å². The number of amides is 3. The fourth-order valence-electron chi connectivity index (χ4n) is 1.53. The highest BCUT2D eigenvalue weighted by Crippen LogP contribution is 2.22. The van der Waals surface area contributed by atoms with Gasteiger partial charge < -0.3 is 20.7 Å². The van der Waals surface area contributed by atoms with Crippen molar-refractivity contribution in [3.63, 3.8) is 0 Å². The first-order valence-corrected chi connectivity index (χ1v) is 6.43. The highest BCUT2D eigenvalue weighted by molar-refractivity contribution is 5.93. The normalized spacial score (nSPS) is 11.7. The third kappa shape index (κ3) is 5.51. The van der Waals surface area contributed by atoms with Gasteiger partial charge in [0.1, 0.15) is 6.04 Å². The molecule has 0 fully saturated rings. The lowest BCUT2D eigenvalue weighted by atomic mass is 10.3. The topological polar surface area (TPSA) is 79.5 Å². The summed E-state index contributed by atoms with van der Waals surface area (Å²) >= 11 is 0. The predicted molar refractivity (Wildman–Crippen MR) is 73.3 cm³/mol. The van der Waals surface area contributed by atoms with Gasteiger partial charge in [-0.2, -0.15) is 8.78 Å². The van der Waals surface area contributed by atoms with Crippen LogP contribution in [0.5, 0.6) is 5.75 Å². The van der Waals surface area contributed by atoms with Crippen LogP contribution in [0.2, 0.25) is 0 Å². The number of urea groups is 1. The lowest BCUT2D eigenvalue weighted by molar-refractivity contribution is -0.122. The second-order valence-electron chi connectivity index (χ2n) is 4.24. The van der Waals surface area contributed by atoms with Crippen LogP contribution in [-0.4, -0.2) is 31.1 Å². The number of carbonyl (C=O) groups is 2. The van der Waals surface area contributed by atoms with Gasteiger partial charge in [-0.3, -0.25) is 4.79 Å². The van der Waals surface area contributed by atoms with Gasteiger partial charge in [0, 0.05) is 18.3 Å². The average Bonchev–Trinajstić information content (AvgIpc) is 2.41. The molecule has 0 aliphatic rings. The molecule has 0 radical (unpaired) electrons. The van der Waals surface area contributed by atoms with E-state index in [4.69, 9.17) is 0 Å². The second-order valence-corrected chi connectivity index (χ2v) is 4.24. The van der Waals surface area contributed by atoms with Gasteiger partial charge in [0.25, 0.3) is 0 Å². The van der Waals surface area contributed by atoms with Gasteiger partial charge in [-0.1, -0.05) is 0 Å². The van der Waals surface area contributed by atoms with E-state index in [2.05, 4.69) is 20.7 Å². The molecule has 0 aromatic heterocycles. The number of likely N-dealkylation sites (N-methyl/N-ethyl adjacent to an activating group) is 1. The van der Waals surface area contributed by atoms with E-state index in [-0.39, 0.29) is 11.6 Å². The zero-order valence-electron chi connectivity index (χ0n) is 12.0. The van der Waals surface area contributed by atoms with Crippen molar-refractivity contribution in [1.82, 2.24) is 10.6 Å². The van der Waals surface area contributed by atoms with Crippen LogP contribution < -0.4 is 20.7 Å². The second kappa shape index (κ2) is 8.11. The Hall–Kier alpha value is -2.45. The van der Waals surface area contributed by atoms with E-state index in [1.165, 1.54) is 13.0 Å². The van der Waals surface area contributed by atoms with Gasteiger partial charge in [-0.25, -0.2) is 9.18 Å². The SMILES string of the molecule is CCNC(=O)C(C)NC(=O)Nc1ccc(OC(F)F)c(F)c1. The highest BCUT2D eigenvalue weighted by Gasteiger charge is 2.15. The number of halogens is 3. The van der Waals surface area contributed by atoms with Crippen molar-refractivity contribution in [3.8, 4) is 5.75 Å². The van der Waals surface area contributed by atoms with Gasteiger partial charge >= 0.3 is 12.6 Å². The van der Waals surface area contributed by atoms with Crippen molar-refractivity contribution < 1.29 is 27.5 Å². The van der Waals surface area contributed by atoms with Crippen molar-refractivity contribution >= 4 is 17.6 Å². The molecule has 0 saturated heterocycles. The number of anilines is 1. The monoisotopic (exact) mass is 319 g/mol. The standard InChI is InChI=1S/C13H16F3N3O3/c1-3-17-11(20)7(2)18-13(21)19-8-4-5-10(9(14)6-8)22-12(15)16/h4-7,12H,3H2,1-2H3,(H,17,20)(H2,18,19,21). The maximum Gasteiger partial charge on any atom is 0.387 e. The number of carbonyl (C=O) groups excluding carboxylic acids is 2. The van der Waals surface area contributed by atoms with Crippen molar-refractivity contribution in [1.29, 1.82) is 0 Å². The number of ether oxygens (including phenoxy) is 1. The van der Waals surface area contributed by atoms with E-state index >= 15 is 0 Å². The summed E-state index contributed by atoms with van der Waals surface area (Å²) in [7, 11) is 0. The molecule has 0 aliphatic carbocycles. The lowest BCUT2D eigenvalue weighted by Gasteiger charge is -2.14. The molecule has 0 saturated carbocycles. The van der Waals surface area contributed by atoms with Gasteiger partial charge in [0.15, 0.2) is 11.6 Å². The molecule has 22 heavy (non-hydrogen) atoms. The van der Waals surface area contributed by atoms with Crippen LogP contribution in [0.15, 0.2) is 18.2 Å². The number of rotatable bonds is 6. The molecule has 3 N–H and O–H groups in total. The molecular weight excluding hydrogens is 303 g/mol. The van der Waals surface area contributed by atoms with Crippen LogP contribution in [0.1, 0.15) is 13.8 Å². The Morgan fingerprint density at radius 1 is 1.32 bits per heavy atom. The zero-order valence-corrected chi connectivity index (χ0v) is 12.0. The molecule has 1 rings (SSSR count). The van der Waals surface area contributed by atoms with Crippen molar-refractivity contribution in [2.24, 2.45) is 0 Å². The van der Waals surface area contributed by atoms with Crippen LogP contribution in [0.4, 0.5) is 23.7 Å². The summed E-state index contributed by atoms with van der Waals surface area (Å²) in [6, 6.07) is 1.46. The first-order valence-electron chi connectivity index (χ1n) is 6.43. The molecule has 0 aliphatic heterocycles. The number of hydrogen-bond acceptors (Lipinski definition) is 3. The van der Waals surface area contributed by atoms with Crippen molar-refractivity contribution in [2.75, 3.05) is 11.9 Å². The van der Waals surface area contributed by atoms with E-state index in [1.807, 2.05) is 0 Å². The summed E-state index contributed by atoms with van der Waals surface area (Å²) in [5.41, 5.74) is 0.0275. The summed E-state index contributed by atoms with van der Waals surface area (Å²) in [5, 5.41) is 7.14. The largest absolute Gasteiger partial charge is 0.432 e. The van der Waals surface area contributed by atoms with Crippen LogP contribution in [-0.2, 0) is 4.79 Å². The van der Waals surface area contributed by atoms with Crippen molar-refractivity contribution in [2.45, 2.75) is 26.5 Å². The Bertz CT molecular complexity index is 541. The average molecular weight is 319 g/mol. The van der Waals surface area contributed by atoms with E-state index in [0.717, 1.165) is 12.1 Å². The van der Waals surface area contributed by atoms with Crippen LogP contribution in [0.25, 0.3) is 0 Å². The van der Waals surface area contributed by atoms with Gasteiger partial charge in [0.05, 0.1) is 0 Å². The van der Waals surface area contributed by atoms with Crippen molar-refractivity contribution in [3.05, 3.63) is 24.0 Å². The molecule has 6 nitrogen and oxygen atoms in total. The molecule has 122 valence electrons. The minimum Gasteiger partial charge on any atom is -0.432 e. The molecule has 0 heterocycles. The molecule has 1 unspecified atom stereocenters. The minimum atomic E-state index is -3.14. The van der Waals surface area contributed by atoms with Gasteiger partial charge in [0.2, 0.25) is 5.91 Å². The Morgan fingerprint density at radius 2 is 2.00 bits per heavy atom. The number of nitrogens with one attached hydrogen (secondary N) is 3. The predicted octanol–water partition coefficient (Wildman–Crippen LogP) is 2.07. The highest BCUT2D eigenvalue weighted by atomic mass is 19.3. The number of alkyl halides is 2. The first-order chi connectivity index (χ1) is 10.3. The minimum absolute atomic E-state index is 0.0275.